The number of quaternary nitrogens is 4. The van der Waals surface area contributed by atoms with Crippen molar-refractivity contribution in [1.82, 2.24) is 0 Å². The summed E-state index contributed by atoms with van der Waals surface area (Å²) in [6.07, 6.45) is 1.12. The van der Waals surface area contributed by atoms with E-state index < -0.39 is 94.4 Å². The molecule has 77 heavy (non-hydrogen) atoms. The van der Waals surface area contributed by atoms with Crippen LogP contribution in [0.2, 0.25) is 0 Å². The summed E-state index contributed by atoms with van der Waals surface area (Å²) >= 11 is 0. The predicted octanol–water partition coefficient (Wildman–Crippen LogP) is -2.59. The number of nitrogens with one attached hydrogen (secondary N) is 1. The van der Waals surface area contributed by atoms with Gasteiger partial charge in [-0.25, -0.2) is 0 Å². The summed E-state index contributed by atoms with van der Waals surface area (Å²) in [5, 5.41) is 44.5. The quantitative estimate of drug-likeness (QED) is 0.0398. The van der Waals surface area contributed by atoms with Gasteiger partial charge in [-0.2, -0.15) is 0 Å². The van der Waals surface area contributed by atoms with Gasteiger partial charge in [0.1, 0.15) is 24.2 Å². The fraction of sp³-hybridized carbons (Fsp3) is 0.357. The van der Waals surface area contributed by atoms with Crippen LogP contribution in [-0.2, 0) is 68.8 Å². The second kappa shape index (κ2) is 38.3. The number of hydrogen-bond donors (Lipinski definition) is 5. The predicted molar refractivity (Wildman–Crippen MR) is 279 cm³/mol. The van der Waals surface area contributed by atoms with Crippen molar-refractivity contribution in [3.63, 3.8) is 0 Å². The highest BCUT2D eigenvalue weighted by Gasteiger charge is 2.20. The van der Waals surface area contributed by atoms with E-state index in [-0.39, 0.29) is 75.2 Å². The van der Waals surface area contributed by atoms with Crippen LogP contribution in [0.3, 0.4) is 0 Å². The average Bonchev–Trinajstić information content (AvgIpc) is 3.34. The third-order valence-corrected chi connectivity index (χ3v) is 10.1. The minimum atomic E-state index is -1.21. The Balaban J connectivity index is -0.000000293. The van der Waals surface area contributed by atoms with Crippen LogP contribution in [0.1, 0.15) is 132 Å². The van der Waals surface area contributed by atoms with Crippen LogP contribution in [0.4, 0.5) is 5.69 Å². The number of hydrogen-bond acceptors (Lipinski definition) is 16. The number of carbonyl (C=O) groups excluding carboxylic acids is 12. The monoisotopic (exact) mass is 1080 g/mol. The zero-order valence-electron chi connectivity index (χ0n) is 40.5. The third-order valence-electron chi connectivity index (χ3n) is 10.1. The van der Waals surface area contributed by atoms with Crippen molar-refractivity contribution in [2.75, 3.05) is 5.32 Å². The van der Waals surface area contributed by atoms with Gasteiger partial charge in [0.15, 0.2) is 5.78 Å². The number of carbonyl (C=O) groups is 12. The zero-order valence-corrected chi connectivity index (χ0v) is 40.5. The molecule has 424 valence electrons. The Morgan fingerprint density at radius 1 is 0.416 bits per heavy atom. The SMILES string of the molecule is C.C.C.C.C.CC(=O)C(=O)Nc1ccc(C[C@H]([NH3+])C(=O)[O-])cc1.CC(=O)C(=O)c1ccc(C[C@H]([NH3+])C(=O)[O-])cc1.CC(C)C(=O)C(=O)c1ccc(C[C@H]([NH3+])C(=O)[O-])cc1.CCC(=O)C(=O)c1ccc(C[C@H]([NH3+])C(=O)[O-])cc1. The van der Waals surface area contributed by atoms with Crippen LogP contribution >= 0.6 is 0 Å². The molecular weight excluding hydrogens is 999 g/mol. The van der Waals surface area contributed by atoms with Crippen LogP contribution in [0.15, 0.2) is 97.1 Å². The van der Waals surface area contributed by atoms with Crippen molar-refractivity contribution in [1.29, 1.82) is 0 Å². The summed E-state index contributed by atoms with van der Waals surface area (Å²) in [5.41, 5.74) is 18.2. The van der Waals surface area contributed by atoms with Gasteiger partial charge >= 0.3 is 0 Å². The Labute approximate surface area is 450 Å². The van der Waals surface area contributed by atoms with Gasteiger partial charge in [0.25, 0.3) is 5.91 Å². The van der Waals surface area contributed by atoms with Crippen molar-refractivity contribution in [3.8, 4) is 0 Å². The first-order chi connectivity index (χ1) is 33.6. The lowest BCUT2D eigenvalue weighted by molar-refractivity contribution is -0.437. The van der Waals surface area contributed by atoms with Gasteiger partial charge in [-0.05, 0) is 34.4 Å². The minimum Gasteiger partial charge on any atom is -0.544 e. The van der Waals surface area contributed by atoms with Crippen molar-refractivity contribution < 1.29 is 101 Å². The number of carboxylic acids is 4. The normalized spacial score (nSPS) is 11.1. The van der Waals surface area contributed by atoms with Crippen LogP contribution in [0.25, 0.3) is 0 Å². The second-order valence-corrected chi connectivity index (χ2v) is 16.5. The first kappa shape index (κ1) is 77.7. The number of rotatable bonds is 22. The number of benzene rings is 4. The molecule has 0 aliphatic carbocycles. The van der Waals surface area contributed by atoms with Crippen molar-refractivity contribution in [2.24, 2.45) is 5.92 Å². The molecule has 21 heteroatoms. The first-order valence-corrected chi connectivity index (χ1v) is 22.1. The van der Waals surface area contributed by atoms with Gasteiger partial charge in [0, 0.05) is 74.2 Å². The van der Waals surface area contributed by atoms with Crippen molar-refractivity contribution in [3.05, 3.63) is 136 Å². The van der Waals surface area contributed by atoms with Crippen LogP contribution in [0.5, 0.6) is 0 Å². The average molecular weight is 1080 g/mol. The molecule has 0 saturated heterocycles. The second-order valence-electron chi connectivity index (χ2n) is 16.5. The van der Waals surface area contributed by atoms with Crippen LogP contribution in [0, 0.1) is 5.92 Å². The topological polar surface area (TPSA) is 420 Å². The molecule has 21 nitrogen and oxygen atoms in total. The van der Waals surface area contributed by atoms with E-state index in [1.807, 2.05) is 0 Å². The van der Waals surface area contributed by atoms with E-state index in [2.05, 4.69) is 28.3 Å². The molecule has 4 aromatic rings. The molecule has 4 rings (SSSR count). The molecule has 4 atom stereocenters. The largest absolute Gasteiger partial charge is 0.544 e. The molecule has 1 amide bonds. The highest BCUT2D eigenvalue weighted by atomic mass is 16.4. The summed E-state index contributed by atoms with van der Waals surface area (Å²) < 4.78 is 0. The molecule has 4 aromatic carbocycles. The zero-order chi connectivity index (χ0) is 55.0. The van der Waals surface area contributed by atoms with Crippen LogP contribution in [-0.4, -0.2) is 94.4 Å². The van der Waals surface area contributed by atoms with Crippen LogP contribution < -0.4 is 48.7 Å². The number of ketones is 7. The number of anilines is 1. The van der Waals surface area contributed by atoms with Gasteiger partial charge in [-0.3, -0.25) is 38.4 Å². The molecule has 0 aliphatic heterocycles. The lowest BCUT2D eigenvalue weighted by atomic mass is 9.97. The van der Waals surface area contributed by atoms with Gasteiger partial charge in [-0.1, -0.05) is 143 Å². The molecule has 0 bridgehead atoms. The molecule has 13 N–H and O–H groups in total. The van der Waals surface area contributed by atoms with E-state index in [4.69, 9.17) is 0 Å². The minimum absolute atomic E-state index is 0. The van der Waals surface area contributed by atoms with E-state index in [1.165, 1.54) is 50.2 Å². The highest BCUT2D eigenvalue weighted by Crippen LogP contribution is 2.13. The number of Topliss-reactive ketones (excluding diaryl/α,β-unsaturated/α-hetero) is 7. The maximum atomic E-state index is 11.8. The maximum Gasteiger partial charge on any atom is 0.291 e. The van der Waals surface area contributed by atoms with Gasteiger partial charge in [-0.15, -0.1) is 0 Å². The van der Waals surface area contributed by atoms with E-state index in [1.54, 1.807) is 81.4 Å². The summed E-state index contributed by atoms with van der Waals surface area (Å²) in [6.45, 7) is 7.35. The third kappa shape index (κ3) is 28.3. The van der Waals surface area contributed by atoms with Gasteiger partial charge in [0.05, 0.1) is 23.9 Å². The molecule has 0 spiro atoms. The summed E-state index contributed by atoms with van der Waals surface area (Å²) in [7, 11) is 0. The molecular formula is C56H79N5O16. The number of carboxylic acid groups (broad SMARTS) is 4. The standard InChI is InChI=1S/C14H17NO4.C13H15NO4.C12H14N2O4.C12H13NO4.5CH4/c1-8(2)12(16)13(17)10-5-3-9(4-6-10)7-11(15)14(18)19;1-2-11(15)12(16)9-5-3-8(4-6-9)7-10(14)13(17)18;1-7(15)11(16)14-9-4-2-8(3-5-9)6-10(13)12(17)18;1-7(14)11(15)9-4-2-8(3-5-9)6-10(13)12(16)17;;;;;/h3-6,8,11H,7,15H2,1-2H3,(H,18,19);3-6,10H,2,7,14H2,1H3,(H,17,18);2-5,10H,6,13H2,1H3,(H,14,16)(H,17,18);2-5,10H,6,13H2,1H3,(H,16,17);5*1H4/t11-;3*10-;;;;;/m0000...../s1. The Bertz CT molecular complexity index is 2590. The highest BCUT2D eigenvalue weighted by molar-refractivity contribution is 6.44. The Morgan fingerprint density at radius 3 is 0.909 bits per heavy atom. The van der Waals surface area contributed by atoms with Gasteiger partial charge < -0.3 is 67.9 Å². The lowest BCUT2D eigenvalue weighted by Crippen LogP contribution is -2.69. The molecule has 0 aromatic heterocycles. The fourth-order valence-corrected chi connectivity index (χ4v) is 5.72. The number of aliphatic carboxylic acids is 4. The van der Waals surface area contributed by atoms with E-state index in [0.29, 0.717) is 22.4 Å². The smallest absolute Gasteiger partial charge is 0.291 e. The summed E-state index contributed by atoms with van der Waals surface area (Å²) in [6, 6.07) is 22.0. The van der Waals surface area contributed by atoms with E-state index >= 15 is 0 Å². The summed E-state index contributed by atoms with van der Waals surface area (Å²) in [5.74, 6) is -9.43. The molecule has 0 saturated carbocycles. The molecule has 0 heterocycles. The Hall–Kier alpha value is -8.24. The van der Waals surface area contributed by atoms with Crippen molar-refractivity contribution in [2.45, 2.75) is 128 Å². The summed E-state index contributed by atoms with van der Waals surface area (Å²) in [4.78, 5) is 132. The van der Waals surface area contributed by atoms with E-state index in [9.17, 15) is 78.0 Å². The molecule has 0 aliphatic rings. The Morgan fingerprint density at radius 2 is 0.675 bits per heavy atom. The maximum absolute atomic E-state index is 11.8. The van der Waals surface area contributed by atoms with Gasteiger partial charge in [0.2, 0.25) is 34.7 Å². The Kier molecular flexibility index (Phi) is 38.7. The molecule has 0 unspecified atom stereocenters. The van der Waals surface area contributed by atoms with Crippen molar-refractivity contribution >= 4 is 76.0 Å². The molecule has 0 radical (unpaired) electrons. The lowest BCUT2D eigenvalue weighted by Gasteiger charge is -2.10. The fourth-order valence-electron chi connectivity index (χ4n) is 5.72. The number of amides is 1. The van der Waals surface area contributed by atoms with E-state index in [0.717, 1.165) is 22.3 Å². The first-order valence-electron chi connectivity index (χ1n) is 22.1. The molecule has 0 fully saturated rings.